The van der Waals surface area contributed by atoms with Gasteiger partial charge in [-0.15, -0.1) is 17.9 Å². The van der Waals surface area contributed by atoms with Crippen LogP contribution in [-0.2, 0) is 11.3 Å². The maximum Gasteiger partial charge on any atom is 0.234 e. The Balaban J connectivity index is 2.22. The Hall–Kier alpha value is -0.650. The highest BCUT2D eigenvalue weighted by molar-refractivity contribution is 9.10. The van der Waals surface area contributed by atoms with Crippen molar-refractivity contribution in [2.24, 2.45) is 0 Å². The van der Waals surface area contributed by atoms with E-state index in [2.05, 4.69) is 33.1 Å². The maximum atomic E-state index is 11.3. The molecule has 0 aromatic carbocycles. The zero-order valence-corrected chi connectivity index (χ0v) is 10.7. The second kappa shape index (κ2) is 6.76. The predicted molar refractivity (Wildman–Crippen MR) is 66.9 cm³/mol. The van der Waals surface area contributed by atoms with Crippen molar-refractivity contribution in [3.8, 4) is 0 Å². The zero-order valence-electron chi connectivity index (χ0n) is 8.25. The molecule has 0 aliphatic rings. The lowest BCUT2D eigenvalue weighted by Crippen LogP contribution is -2.33. The first kappa shape index (κ1) is 12.4. The minimum absolute atomic E-state index is 0.00264. The minimum Gasteiger partial charge on any atom is -0.350 e. The van der Waals surface area contributed by atoms with E-state index in [0.717, 1.165) is 9.35 Å². The molecule has 1 aromatic rings. The summed E-state index contributed by atoms with van der Waals surface area (Å²) in [7, 11) is 0. The number of hydrogen-bond acceptors (Lipinski definition) is 3. The Labute approximate surface area is 102 Å². The van der Waals surface area contributed by atoms with E-state index in [4.69, 9.17) is 0 Å². The fraction of sp³-hybridized carbons (Fsp3) is 0.300. The van der Waals surface area contributed by atoms with Gasteiger partial charge in [-0.3, -0.25) is 4.79 Å². The van der Waals surface area contributed by atoms with Gasteiger partial charge in [0.15, 0.2) is 0 Å². The summed E-state index contributed by atoms with van der Waals surface area (Å²) in [5.41, 5.74) is 0. The molecular formula is C10H13BrN2OS. The average molecular weight is 289 g/mol. The number of amides is 1. The Kier molecular flexibility index (Phi) is 5.60. The molecule has 15 heavy (non-hydrogen) atoms. The van der Waals surface area contributed by atoms with Crippen molar-refractivity contribution in [2.45, 2.75) is 6.54 Å². The summed E-state index contributed by atoms with van der Waals surface area (Å²) in [6.07, 6.45) is 1.73. The lowest BCUT2D eigenvalue weighted by molar-refractivity contribution is -0.120. The molecule has 3 nitrogen and oxygen atoms in total. The molecule has 0 atom stereocenters. The summed E-state index contributed by atoms with van der Waals surface area (Å²) in [6, 6.07) is 1.97. The van der Waals surface area contributed by atoms with E-state index in [1.165, 1.54) is 0 Å². The van der Waals surface area contributed by atoms with Crippen LogP contribution in [0.2, 0.25) is 0 Å². The van der Waals surface area contributed by atoms with E-state index in [-0.39, 0.29) is 5.91 Å². The molecule has 1 amide bonds. The molecule has 0 radical (unpaired) electrons. The number of rotatable bonds is 6. The van der Waals surface area contributed by atoms with Crippen molar-refractivity contribution >= 4 is 33.2 Å². The lowest BCUT2D eigenvalue weighted by Gasteiger charge is -2.04. The number of thiophene rings is 1. The molecule has 0 aliphatic carbocycles. The van der Waals surface area contributed by atoms with Crippen LogP contribution in [0.15, 0.2) is 28.6 Å². The van der Waals surface area contributed by atoms with E-state index in [9.17, 15) is 4.79 Å². The SMILES string of the molecule is C=CCNCC(=O)NCc1sccc1Br. The number of carbonyl (C=O) groups is 1. The maximum absolute atomic E-state index is 11.3. The zero-order chi connectivity index (χ0) is 11.1. The van der Waals surface area contributed by atoms with Gasteiger partial charge < -0.3 is 10.6 Å². The van der Waals surface area contributed by atoms with E-state index < -0.39 is 0 Å². The second-order valence-electron chi connectivity index (χ2n) is 2.89. The van der Waals surface area contributed by atoms with Crippen LogP contribution in [-0.4, -0.2) is 19.0 Å². The molecule has 0 aliphatic heterocycles. The average Bonchev–Trinajstić information content (AvgIpc) is 2.61. The van der Waals surface area contributed by atoms with Gasteiger partial charge in [0.05, 0.1) is 13.1 Å². The van der Waals surface area contributed by atoms with Crippen LogP contribution < -0.4 is 10.6 Å². The van der Waals surface area contributed by atoms with E-state index in [1.54, 1.807) is 17.4 Å². The standard InChI is InChI=1S/C10H13BrN2OS/c1-2-4-12-7-10(14)13-6-9-8(11)3-5-15-9/h2-3,5,12H,1,4,6-7H2,(H,13,14). The minimum atomic E-state index is -0.00264. The molecule has 0 fully saturated rings. The summed E-state index contributed by atoms with van der Waals surface area (Å²) in [6.45, 7) is 5.11. The predicted octanol–water partition coefficient (Wildman–Crippen LogP) is 1.90. The molecule has 0 bridgehead atoms. The fourth-order valence-electron chi connectivity index (χ4n) is 0.980. The molecule has 1 aromatic heterocycles. The van der Waals surface area contributed by atoms with Crippen LogP contribution in [0.25, 0.3) is 0 Å². The van der Waals surface area contributed by atoms with Crippen molar-refractivity contribution < 1.29 is 4.79 Å². The van der Waals surface area contributed by atoms with Gasteiger partial charge in [0.2, 0.25) is 5.91 Å². The van der Waals surface area contributed by atoms with Crippen molar-refractivity contribution in [2.75, 3.05) is 13.1 Å². The van der Waals surface area contributed by atoms with Crippen LogP contribution in [0, 0.1) is 0 Å². The smallest absolute Gasteiger partial charge is 0.234 e. The second-order valence-corrected chi connectivity index (χ2v) is 4.74. The highest BCUT2D eigenvalue weighted by Crippen LogP contribution is 2.21. The lowest BCUT2D eigenvalue weighted by atomic mass is 10.4. The Morgan fingerprint density at radius 1 is 1.67 bits per heavy atom. The van der Waals surface area contributed by atoms with Gasteiger partial charge in [0.25, 0.3) is 0 Å². The van der Waals surface area contributed by atoms with Gasteiger partial charge in [-0.05, 0) is 27.4 Å². The molecule has 1 heterocycles. The quantitative estimate of drug-likeness (QED) is 0.620. The highest BCUT2D eigenvalue weighted by atomic mass is 79.9. The fourth-order valence-corrected chi connectivity index (χ4v) is 2.41. The number of carbonyl (C=O) groups excluding carboxylic acids is 1. The first-order valence-electron chi connectivity index (χ1n) is 4.54. The normalized spacial score (nSPS) is 9.93. The van der Waals surface area contributed by atoms with Gasteiger partial charge in [-0.25, -0.2) is 0 Å². The third-order valence-corrected chi connectivity index (χ3v) is 3.64. The van der Waals surface area contributed by atoms with Crippen LogP contribution in [0.1, 0.15) is 4.88 Å². The van der Waals surface area contributed by atoms with E-state index >= 15 is 0 Å². The Morgan fingerprint density at radius 3 is 3.07 bits per heavy atom. The molecule has 0 spiro atoms. The van der Waals surface area contributed by atoms with Gasteiger partial charge in [-0.2, -0.15) is 0 Å². The monoisotopic (exact) mass is 288 g/mol. The van der Waals surface area contributed by atoms with Crippen molar-refractivity contribution in [3.05, 3.63) is 33.5 Å². The largest absolute Gasteiger partial charge is 0.350 e. The molecule has 2 N–H and O–H groups in total. The first-order chi connectivity index (χ1) is 7.24. The number of nitrogens with one attached hydrogen (secondary N) is 2. The number of halogens is 1. The molecule has 5 heteroatoms. The molecule has 82 valence electrons. The molecule has 0 unspecified atom stereocenters. The highest BCUT2D eigenvalue weighted by Gasteiger charge is 2.03. The van der Waals surface area contributed by atoms with E-state index in [1.807, 2.05) is 11.4 Å². The van der Waals surface area contributed by atoms with Gasteiger partial charge >= 0.3 is 0 Å². The summed E-state index contributed by atoms with van der Waals surface area (Å²) in [4.78, 5) is 12.4. The molecule has 0 saturated carbocycles. The van der Waals surface area contributed by atoms with Gasteiger partial charge in [-0.1, -0.05) is 6.08 Å². The van der Waals surface area contributed by atoms with Crippen LogP contribution in [0.3, 0.4) is 0 Å². The Morgan fingerprint density at radius 2 is 2.47 bits per heavy atom. The van der Waals surface area contributed by atoms with E-state index in [0.29, 0.717) is 19.6 Å². The van der Waals surface area contributed by atoms with Crippen molar-refractivity contribution in [3.63, 3.8) is 0 Å². The summed E-state index contributed by atoms with van der Waals surface area (Å²) >= 11 is 5.03. The Bertz CT molecular complexity index is 338. The van der Waals surface area contributed by atoms with Crippen LogP contribution in [0.4, 0.5) is 0 Å². The summed E-state index contributed by atoms with van der Waals surface area (Å²) in [5, 5.41) is 7.76. The van der Waals surface area contributed by atoms with Gasteiger partial charge in [0.1, 0.15) is 0 Å². The third kappa shape index (κ3) is 4.59. The van der Waals surface area contributed by atoms with Crippen molar-refractivity contribution in [1.29, 1.82) is 0 Å². The molecule has 0 saturated heterocycles. The summed E-state index contributed by atoms with van der Waals surface area (Å²) < 4.78 is 1.05. The molecule has 1 rings (SSSR count). The van der Waals surface area contributed by atoms with Crippen LogP contribution >= 0.6 is 27.3 Å². The van der Waals surface area contributed by atoms with Crippen LogP contribution in [0.5, 0.6) is 0 Å². The first-order valence-corrected chi connectivity index (χ1v) is 6.21. The number of hydrogen-bond donors (Lipinski definition) is 2. The summed E-state index contributed by atoms with van der Waals surface area (Å²) in [5.74, 6) is -0.00264. The van der Waals surface area contributed by atoms with Crippen molar-refractivity contribution in [1.82, 2.24) is 10.6 Å². The van der Waals surface area contributed by atoms with Gasteiger partial charge in [0, 0.05) is 15.9 Å². The molecular weight excluding hydrogens is 276 g/mol. The topological polar surface area (TPSA) is 41.1 Å². The third-order valence-electron chi connectivity index (χ3n) is 1.71.